The number of nitrogens with one attached hydrogen (secondary N) is 2. The molecule has 0 spiro atoms. The highest BCUT2D eigenvalue weighted by atomic mass is 32.1. The zero-order valence-electron chi connectivity index (χ0n) is 16.2. The van der Waals surface area contributed by atoms with Gasteiger partial charge in [0, 0.05) is 18.8 Å². The molecule has 28 heavy (non-hydrogen) atoms. The molecule has 0 saturated carbocycles. The second kappa shape index (κ2) is 12.0. The molecule has 0 aliphatic rings. The van der Waals surface area contributed by atoms with E-state index in [9.17, 15) is 9.59 Å². The Labute approximate surface area is 169 Å². The van der Waals surface area contributed by atoms with Gasteiger partial charge in [-0.15, -0.1) is 11.3 Å². The van der Waals surface area contributed by atoms with Crippen LogP contribution < -0.4 is 10.6 Å². The van der Waals surface area contributed by atoms with Crippen LogP contribution in [0.4, 0.5) is 9.59 Å². The molecule has 1 unspecified atom stereocenters. The van der Waals surface area contributed by atoms with E-state index in [-0.39, 0.29) is 18.8 Å². The van der Waals surface area contributed by atoms with Gasteiger partial charge in [-0.2, -0.15) is 0 Å². The second-order valence-corrected chi connectivity index (χ2v) is 7.57. The highest BCUT2D eigenvalue weighted by Crippen LogP contribution is 2.10. The van der Waals surface area contributed by atoms with E-state index in [1.807, 2.05) is 30.3 Å². The van der Waals surface area contributed by atoms with E-state index in [1.165, 1.54) is 11.3 Å². The first-order valence-electron chi connectivity index (χ1n) is 9.32. The molecule has 0 aliphatic carbocycles. The minimum absolute atomic E-state index is 0.0979. The summed E-state index contributed by atoms with van der Waals surface area (Å²) in [6.45, 7) is 4.29. The largest absolute Gasteiger partial charge is 0.447 e. The average Bonchev–Trinajstić information content (AvgIpc) is 3.17. The fourth-order valence-electron chi connectivity index (χ4n) is 2.58. The van der Waals surface area contributed by atoms with E-state index >= 15 is 0 Å². The predicted octanol–water partition coefficient (Wildman–Crippen LogP) is 3.90. The van der Waals surface area contributed by atoms with Gasteiger partial charge in [0.25, 0.3) is 0 Å². The number of carbonyl (C=O) groups excluding carboxylic acids is 2. The molecule has 0 fully saturated rings. The molecule has 0 saturated heterocycles. The number of ether oxygens (including phenoxy) is 2. The number of hydrogen-bond donors (Lipinski definition) is 2. The van der Waals surface area contributed by atoms with Gasteiger partial charge in [0.05, 0.1) is 16.5 Å². The third-order valence-corrected chi connectivity index (χ3v) is 4.57. The van der Waals surface area contributed by atoms with Crippen LogP contribution in [0.15, 0.2) is 42.0 Å². The number of benzene rings is 1. The van der Waals surface area contributed by atoms with Crippen LogP contribution in [0.5, 0.6) is 0 Å². The number of carbonyl (C=O) groups is 2. The normalized spacial score (nSPS) is 11.7. The topological polar surface area (TPSA) is 89.6 Å². The molecule has 2 amide bonds. The van der Waals surface area contributed by atoms with Crippen molar-refractivity contribution in [3.8, 4) is 0 Å². The molecule has 1 aromatic heterocycles. The summed E-state index contributed by atoms with van der Waals surface area (Å²) in [5.41, 5.74) is 2.83. The highest BCUT2D eigenvalue weighted by Gasteiger charge is 2.15. The number of alkyl carbamates (subject to hydrolysis) is 2. The number of nitrogens with zero attached hydrogens (tertiary/aromatic N) is 1. The third kappa shape index (κ3) is 8.85. The van der Waals surface area contributed by atoms with Crippen LogP contribution in [0, 0.1) is 0 Å². The second-order valence-electron chi connectivity index (χ2n) is 6.60. The first-order valence-corrected chi connectivity index (χ1v) is 10.2. The van der Waals surface area contributed by atoms with Gasteiger partial charge in [0.15, 0.2) is 0 Å². The molecule has 2 N–H and O–H groups in total. The Hall–Kier alpha value is -2.61. The lowest BCUT2D eigenvalue weighted by atomic mass is 10.0. The lowest BCUT2D eigenvalue weighted by Crippen LogP contribution is -2.37. The summed E-state index contributed by atoms with van der Waals surface area (Å²) >= 11 is 1.44. The lowest BCUT2D eigenvalue weighted by molar-refractivity contribution is 0.115. The van der Waals surface area contributed by atoms with E-state index < -0.39 is 12.2 Å². The van der Waals surface area contributed by atoms with Crippen molar-refractivity contribution >= 4 is 23.5 Å². The van der Waals surface area contributed by atoms with Crippen molar-refractivity contribution in [2.24, 2.45) is 0 Å². The predicted molar refractivity (Wildman–Crippen MR) is 108 cm³/mol. The Morgan fingerprint density at radius 2 is 1.96 bits per heavy atom. The maximum absolute atomic E-state index is 12.2. The standard InChI is InChI=1S/C20H27N3O4S/c1-15(2)27-19(24)22-10-6-9-17(11-16-7-4-3-5-8-16)23-20(25)26-13-18-12-21-14-28-18/h3-5,7-8,12,14-15,17H,6,9-11,13H2,1-2H3,(H,22,24)(H,23,25). The maximum atomic E-state index is 12.2. The molecular formula is C20H27N3O4S. The fraction of sp³-hybridized carbons (Fsp3) is 0.450. The molecule has 0 bridgehead atoms. The van der Waals surface area contributed by atoms with Crippen molar-refractivity contribution in [3.05, 3.63) is 52.5 Å². The molecule has 0 aliphatic heterocycles. The quantitative estimate of drug-likeness (QED) is 0.585. The van der Waals surface area contributed by atoms with E-state index in [2.05, 4.69) is 15.6 Å². The van der Waals surface area contributed by atoms with Gasteiger partial charge in [-0.25, -0.2) is 9.59 Å². The fourth-order valence-corrected chi connectivity index (χ4v) is 3.08. The Balaban J connectivity index is 1.80. The van der Waals surface area contributed by atoms with Crippen molar-refractivity contribution < 1.29 is 19.1 Å². The zero-order valence-corrected chi connectivity index (χ0v) is 17.0. The number of amides is 2. The first kappa shape index (κ1) is 21.7. The monoisotopic (exact) mass is 405 g/mol. The maximum Gasteiger partial charge on any atom is 0.407 e. The molecule has 0 radical (unpaired) electrons. The molecule has 152 valence electrons. The van der Waals surface area contributed by atoms with Gasteiger partial charge >= 0.3 is 12.2 Å². The molecule has 7 nitrogen and oxygen atoms in total. The van der Waals surface area contributed by atoms with Crippen LogP contribution in [-0.2, 0) is 22.5 Å². The number of aromatic nitrogens is 1. The number of hydrogen-bond acceptors (Lipinski definition) is 6. The van der Waals surface area contributed by atoms with Crippen molar-refractivity contribution in [2.45, 2.75) is 51.9 Å². The first-order chi connectivity index (χ1) is 13.5. The summed E-state index contributed by atoms with van der Waals surface area (Å²) in [5.74, 6) is 0. The molecule has 1 atom stereocenters. The summed E-state index contributed by atoms with van der Waals surface area (Å²) in [6.07, 6.45) is 2.74. The Morgan fingerprint density at radius 3 is 2.64 bits per heavy atom. The van der Waals surface area contributed by atoms with E-state index in [4.69, 9.17) is 9.47 Å². The van der Waals surface area contributed by atoms with Crippen molar-refractivity contribution in [2.75, 3.05) is 6.54 Å². The van der Waals surface area contributed by atoms with Gasteiger partial charge in [-0.3, -0.25) is 4.98 Å². The van der Waals surface area contributed by atoms with Crippen molar-refractivity contribution in [3.63, 3.8) is 0 Å². The minimum Gasteiger partial charge on any atom is -0.447 e. The molecular weight excluding hydrogens is 378 g/mol. The van der Waals surface area contributed by atoms with Crippen LogP contribution in [0.1, 0.15) is 37.1 Å². The minimum atomic E-state index is -0.457. The van der Waals surface area contributed by atoms with Crippen molar-refractivity contribution in [1.82, 2.24) is 15.6 Å². The third-order valence-electron chi connectivity index (χ3n) is 3.82. The van der Waals surface area contributed by atoms with Gasteiger partial charge in [0.1, 0.15) is 6.61 Å². The van der Waals surface area contributed by atoms with E-state index in [0.29, 0.717) is 25.8 Å². The van der Waals surface area contributed by atoms with Gasteiger partial charge in [0.2, 0.25) is 0 Å². The lowest BCUT2D eigenvalue weighted by Gasteiger charge is -2.19. The van der Waals surface area contributed by atoms with Crippen LogP contribution >= 0.6 is 11.3 Å². The van der Waals surface area contributed by atoms with Gasteiger partial charge in [-0.1, -0.05) is 30.3 Å². The summed E-state index contributed by atoms with van der Waals surface area (Å²) in [5, 5.41) is 5.65. The zero-order chi connectivity index (χ0) is 20.2. The highest BCUT2D eigenvalue weighted by molar-refractivity contribution is 7.09. The summed E-state index contributed by atoms with van der Waals surface area (Å²) < 4.78 is 10.3. The molecule has 1 aromatic carbocycles. The number of thiazole rings is 1. The van der Waals surface area contributed by atoms with Gasteiger partial charge < -0.3 is 20.1 Å². The van der Waals surface area contributed by atoms with E-state index in [0.717, 1.165) is 10.4 Å². The Bertz CT molecular complexity index is 708. The SMILES string of the molecule is CC(C)OC(=O)NCCCC(Cc1ccccc1)NC(=O)OCc1cncs1. The summed E-state index contributed by atoms with van der Waals surface area (Å²) in [4.78, 5) is 28.6. The molecule has 8 heteroatoms. The number of rotatable bonds is 10. The summed E-state index contributed by atoms with van der Waals surface area (Å²) in [7, 11) is 0. The van der Waals surface area contributed by atoms with E-state index in [1.54, 1.807) is 25.6 Å². The Kier molecular flexibility index (Phi) is 9.27. The molecule has 1 heterocycles. The van der Waals surface area contributed by atoms with Crippen LogP contribution in [0.2, 0.25) is 0 Å². The Morgan fingerprint density at radius 1 is 1.18 bits per heavy atom. The average molecular weight is 406 g/mol. The van der Waals surface area contributed by atoms with Gasteiger partial charge in [-0.05, 0) is 38.7 Å². The smallest absolute Gasteiger partial charge is 0.407 e. The summed E-state index contributed by atoms with van der Waals surface area (Å²) in [6, 6.07) is 9.85. The van der Waals surface area contributed by atoms with Crippen molar-refractivity contribution in [1.29, 1.82) is 0 Å². The van der Waals surface area contributed by atoms with Crippen LogP contribution in [0.3, 0.4) is 0 Å². The molecule has 2 aromatic rings. The van der Waals surface area contributed by atoms with Crippen LogP contribution in [0.25, 0.3) is 0 Å². The molecule has 2 rings (SSSR count). The van der Waals surface area contributed by atoms with Crippen LogP contribution in [-0.4, -0.2) is 35.9 Å².